The topological polar surface area (TPSA) is 38.8 Å². The first-order valence-corrected chi connectivity index (χ1v) is 11.0. The van der Waals surface area contributed by atoms with Gasteiger partial charge in [-0.05, 0) is 90.6 Å². The highest BCUT2D eigenvalue weighted by Gasteiger charge is 2.34. The molecule has 2 atom stereocenters. The molecule has 0 saturated carbocycles. The van der Waals surface area contributed by atoms with Crippen molar-refractivity contribution in [2.45, 2.75) is 32.4 Å². The Hall–Kier alpha value is -3.60. The lowest BCUT2D eigenvalue weighted by Crippen LogP contribution is -2.42. The van der Waals surface area contributed by atoms with Crippen molar-refractivity contribution >= 4 is 17.7 Å². The Morgan fingerprint density at radius 3 is 2.48 bits per heavy atom. The van der Waals surface area contributed by atoms with Crippen LogP contribution in [0.15, 0.2) is 66.7 Å². The molecule has 4 rings (SSSR count). The molecule has 170 valence electrons. The summed E-state index contributed by atoms with van der Waals surface area (Å²) < 4.78 is 23.8. The number of rotatable bonds is 5. The van der Waals surface area contributed by atoms with Crippen LogP contribution in [0, 0.1) is 12.7 Å². The number of halogens is 1. The van der Waals surface area contributed by atoms with Gasteiger partial charge in [0.1, 0.15) is 11.6 Å². The van der Waals surface area contributed by atoms with Gasteiger partial charge in [-0.3, -0.25) is 0 Å². The Morgan fingerprint density at radius 1 is 1.06 bits per heavy atom. The van der Waals surface area contributed by atoms with Crippen molar-refractivity contribution < 1.29 is 18.7 Å². The van der Waals surface area contributed by atoms with Gasteiger partial charge in [0, 0.05) is 17.8 Å². The van der Waals surface area contributed by atoms with Crippen LogP contribution in [0.5, 0.6) is 5.75 Å². The van der Waals surface area contributed by atoms with Crippen LogP contribution < -0.4 is 9.64 Å². The third kappa shape index (κ3) is 4.63. The lowest BCUT2D eigenvalue weighted by atomic mass is 9.83. The van der Waals surface area contributed by atoms with Crippen molar-refractivity contribution in [2.24, 2.45) is 0 Å². The molecule has 1 heterocycles. The van der Waals surface area contributed by atoms with Gasteiger partial charge in [0.2, 0.25) is 0 Å². The molecule has 0 spiro atoms. The van der Waals surface area contributed by atoms with Crippen LogP contribution in [-0.4, -0.2) is 26.2 Å². The molecule has 0 bridgehead atoms. The van der Waals surface area contributed by atoms with E-state index in [0.717, 1.165) is 34.5 Å². The van der Waals surface area contributed by atoms with Crippen molar-refractivity contribution in [2.75, 3.05) is 19.1 Å². The minimum Gasteiger partial charge on any atom is -0.497 e. The molecule has 33 heavy (non-hydrogen) atoms. The number of anilines is 1. The molecule has 3 aromatic rings. The second-order valence-electron chi connectivity index (χ2n) is 8.38. The van der Waals surface area contributed by atoms with E-state index in [1.54, 1.807) is 13.2 Å². The maximum atomic E-state index is 13.7. The van der Waals surface area contributed by atoms with Crippen LogP contribution >= 0.6 is 0 Å². The van der Waals surface area contributed by atoms with E-state index in [0.29, 0.717) is 0 Å². The van der Waals surface area contributed by atoms with E-state index in [4.69, 9.17) is 9.47 Å². The average molecular weight is 446 g/mol. The normalized spacial score (nSPS) is 17.7. The third-order valence-corrected chi connectivity index (χ3v) is 6.25. The number of hydrogen-bond donors (Lipinski definition) is 0. The van der Waals surface area contributed by atoms with E-state index < -0.39 is 0 Å². The standard InChI is InChI=1S/C28H28FNO3/c1-18-15-21(6-5-20(18)7-14-27(31)33-4)28-26-13-12-25(32-3)17-22(26)16-19(2)30(28)24-10-8-23(29)9-11-24/h5-15,17,19,28H,16H2,1-4H3/b14-7+. The zero-order valence-electron chi connectivity index (χ0n) is 19.3. The summed E-state index contributed by atoms with van der Waals surface area (Å²) in [6.07, 6.45) is 4.06. The predicted octanol–water partition coefficient (Wildman–Crippen LogP) is 5.87. The summed E-state index contributed by atoms with van der Waals surface area (Å²) in [5, 5.41) is 0. The molecule has 1 aliphatic rings. The van der Waals surface area contributed by atoms with E-state index in [9.17, 15) is 9.18 Å². The first kappa shape index (κ1) is 22.6. The minimum atomic E-state index is -0.384. The molecule has 2 unspecified atom stereocenters. The highest BCUT2D eigenvalue weighted by atomic mass is 19.1. The molecule has 3 aromatic carbocycles. The third-order valence-electron chi connectivity index (χ3n) is 6.25. The second-order valence-corrected chi connectivity index (χ2v) is 8.38. The monoisotopic (exact) mass is 445 g/mol. The van der Waals surface area contributed by atoms with Gasteiger partial charge in [-0.15, -0.1) is 0 Å². The molecule has 0 N–H and O–H groups in total. The summed E-state index contributed by atoms with van der Waals surface area (Å²) in [6, 6.07) is 19.4. The van der Waals surface area contributed by atoms with Crippen molar-refractivity contribution in [1.29, 1.82) is 0 Å². The van der Waals surface area contributed by atoms with Gasteiger partial charge < -0.3 is 14.4 Å². The van der Waals surface area contributed by atoms with Gasteiger partial charge in [0.15, 0.2) is 0 Å². The fourth-order valence-corrected chi connectivity index (χ4v) is 4.61. The van der Waals surface area contributed by atoms with E-state index in [-0.39, 0.29) is 23.9 Å². The van der Waals surface area contributed by atoms with Crippen LogP contribution in [-0.2, 0) is 16.0 Å². The maximum Gasteiger partial charge on any atom is 0.330 e. The second kappa shape index (κ2) is 9.49. The number of esters is 1. The van der Waals surface area contributed by atoms with Crippen LogP contribution in [0.2, 0.25) is 0 Å². The SMILES string of the molecule is COC(=O)/C=C/c1ccc(C2c3ccc(OC)cc3CC(C)N2c2ccc(F)cc2)cc1C. The fourth-order valence-electron chi connectivity index (χ4n) is 4.61. The number of ether oxygens (including phenoxy) is 2. The molecule has 0 aliphatic carbocycles. The molecule has 0 fully saturated rings. The first-order valence-electron chi connectivity index (χ1n) is 11.0. The number of benzene rings is 3. The molecular weight excluding hydrogens is 417 g/mol. The summed E-state index contributed by atoms with van der Waals surface area (Å²) in [4.78, 5) is 13.9. The lowest BCUT2D eigenvalue weighted by Gasteiger charge is -2.44. The van der Waals surface area contributed by atoms with E-state index in [2.05, 4.69) is 36.1 Å². The van der Waals surface area contributed by atoms with E-state index in [1.807, 2.05) is 31.2 Å². The highest BCUT2D eigenvalue weighted by Crippen LogP contribution is 2.42. The van der Waals surface area contributed by atoms with Crippen molar-refractivity contribution in [3.63, 3.8) is 0 Å². The van der Waals surface area contributed by atoms with E-state index >= 15 is 0 Å². The number of carbonyl (C=O) groups excluding carboxylic acids is 1. The molecule has 4 nitrogen and oxygen atoms in total. The van der Waals surface area contributed by atoms with Gasteiger partial charge >= 0.3 is 5.97 Å². The summed E-state index contributed by atoms with van der Waals surface area (Å²) in [7, 11) is 3.05. The van der Waals surface area contributed by atoms with Gasteiger partial charge in [-0.1, -0.05) is 24.3 Å². The zero-order valence-corrected chi connectivity index (χ0v) is 19.3. The van der Waals surface area contributed by atoms with Gasteiger partial charge in [0.05, 0.1) is 20.3 Å². The van der Waals surface area contributed by atoms with Gasteiger partial charge in [0.25, 0.3) is 0 Å². The molecular formula is C28H28FNO3. The highest BCUT2D eigenvalue weighted by molar-refractivity contribution is 5.87. The first-order chi connectivity index (χ1) is 15.9. The maximum absolute atomic E-state index is 13.7. The number of aryl methyl sites for hydroxylation is 1. The molecule has 0 saturated heterocycles. The summed E-state index contributed by atoms with van der Waals surface area (Å²) in [5.41, 5.74) is 6.57. The van der Waals surface area contributed by atoms with E-state index in [1.165, 1.54) is 36.4 Å². The lowest BCUT2D eigenvalue weighted by molar-refractivity contribution is -0.134. The van der Waals surface area contributed by atoms with Crippen LogP contribution in [0.3, 0.4) is 0 Å². The fraction of sp³-hybridized carbons (Fsp3) is 0.250. The van der Waals surface area contributed by atoms with Gasteiger partial charge in [-0.2, -0.15) is 0 Å². The Balaban J connectivity index is 1.82. The quantitative estimate of drug-likeness (QED) is 0.364. The Kier molecular flexibility index (Phi) is 6.50. The van der Waals surface area contributed by atoms with Crippen LogP contribution in [0.1, 0.15) is 40.8 Å². The molecule has 0 aromatic heterocycles. The minimum absolute atomic E-state index is 0.0440. The predicted molar refractivity (Wildman–Crippen MR) is 129 cm³/mol. The number of nitrogens with zero attached hydrogens (tertiary/aromatic N) is 1. The zero-order chi connectivity index (χ0) is 23.5. The van der Waals surface area contributed by atoms with Crippen LogP contribution in [0.25, 0.3) is 6.08 Å². The number of hydrogen-bond acceptors (Lipinski definition) is 4. The van der Waals surface area contributed by atoms with Gasteiger partial charge in [-0.25, -0.2) is 9.18 Å². The molecule has 1 aliphatic heterocycles. The number of carbonyl (C=O) groups is 1. The molecule has 0 radical (unpaired) electrons. The number of fused-ring (bicyclic) bond motifs is 1. The average Bonchev–Trinajstić information content (AvgIpc) is 2.82. The Labute approximate surface area is 194 Å². The largest absolute Gasteiger partial charge is 0.497 e. The Bertz CT molecular complexity index is 1190. The summed E-state index contributed by atoms with van der Waals surface area (Å²) >= 11 is 0. The number of methoxy groups -OCH3 is 2. The van der Waals surface area contributed by atoms with Crippen molar-refractivity contribution in [3.05, 3.63) is 100 Å². The summed E-state index contributed by atoms with van der Waals surface area (Å²) in [5.74, 6) is 0.210. The summed E-state index contributed by atoms with van der Waals surface area (Å²) in [6.45, 7) is 4.23. The van der Waals surface area contributed by atoms with Crippen molar-refractivity contribution in [3.8, 4) is 5.75 Å². The Morgan fingerprint density at radius 2 is 1.82 bits per heavy atom. The smallest absolute Gasteiger partial charge is 0.330 e. The van der Waals surface area contributed by atoms with Crippen LogP contribution in [0.4, 0.5) is 10.1 Å². The van der Waals surface area contributed by atoms with Crippen molar-refractivity contribution in [1.82, 2.24) is 0 Å². The molecule has 0 amide bonds. The molecule has 5 heteroatoms.